The van der Waals surface area contributed by atoms with Gasteiger partial charge in [0.05, 0.1) is 11.4 Å². The van der Waals surface area contributed by atoms with Gasteiger partial charge < -0.3 is 25.0 Å². The average molecular weight is 538 g/mol. The lowest BCUT2D eigenvalue weighted by molar-refractivity contribution is 0.0983. The number of phenolic OH excluding ortho intramolecular Hbond substituents is 2. The molecule has 1 unspecified atom stereocenters. The Hall–Kier alpha value is -4.49. The fraction of sp³-hybridized carbons (Fsp3) is 0.161. The number of phenols is 2. The van der Waals surface area contributed by atoms with Crippen molar-refractivity contribution in [3.05, 3.63) is 95.3 Å². The summed E-state index contributed by atoms with van der Waals surface area (Å²) in [5.41, 5.74) is 3.82. The molecule has 194 valence electrons. The van der Waals surface area contributed by atoms with Gasteiger partial charge in [0, 0.05) is 47.8 Å². The second kappa shape index (κ2) is 8.78. The number of nitrogens with one attached hydrogen (secondary N) is 1. The zero-order valence-corrected chi connectivity index (χ0v) is 21.6. The van der Waals surface area contributed by atoms with E-state index in [1.165, 1.54) is 0 Å². The van der Waals surface area contributed by atoms with Gasteiger partial charge in [-0.1, -0.05) is 48.5 Å². The van der Waals surface area contributed by atoms with E-state index in [9.17, 15) is 19.8 Å². The lowest BCUT2D eigenvalue weighted by Crippen LogP contribution is -2.31. The molecule has 39 heavy (non-hydrogen) atoms. The van der Waals surface area contributed by atoms with Crippen molar-refractivity contribution < 1.29 is 19.8 Å². The van der Waals surface area contributed by atoms with Gasteiger partial charge in [-0.2, -0.15) is 0 Å². The lowest BCUT2D eigenvalue weighted by Gasteiger charge is -2.18. The molecule has 5 aromatic rings. The molecule has 0 saturated carbocycles. The number of H-pyrrole nitrogens is 1. The molecule has 2 aliphatic heterocycles. The Bertz CT molecular complexity index is 1830. The summed E-state index contributed by atoms with van der Waals surface area (Å²) >= 11 is 6.32. The van der Waals surface area contributed by atoms with E-state index in [1.54, 1.807) is 34.1 Å². The molecule has 1 aromatic heterocycles. The van der Waals surface area contributed by atoms with Crippen molar-refractivity contribution in [3.8, 4) is 11.5 Å². The number of amides is 2. The Balaban J connectivity index is 1.21. The van der Waals surface area contributed by atoms with Gasteiger partial charge in [-0.3, -0.25) is 9.59 Å². The molecule has 0 aliphatic carbocycles. The molecule has 0 spiro atoms. The standard InChI is InChI=1S/C31H24ClN3O4/c32-15-17-16-35(26-14-28(37)21-7-3-4-8-22(21)29(17)26)31(39)24-10-9-23(33-24)30(38)34-12-11-19-18-5-1-2-6-20(18)27(36)13-25(19)34/h1-10,13-14,17,33,36-37H,11-12,15-16H2. The Morgan fingerprint density at radius 1 is 0.795 bits per heavy atom. The summed E-state index contributed by atoms with van der Waals surface area (Å²) in [7, 11) is 0. The Morgan fingerprint density at radius 2 is 1.36 bits per heavy atom. The first-order valence-electron chi connectivity index (χ1n) is 12.8. The molecule has 0 fully saturated rings. The van der Waals surface area contributed by atoms with Crippen molar-refractivity contribution in [2.45, 2.75) is 12.3 Å². The SMILES string of the molecule is O=C(c1ccc(C(=O)N2CC(CCl)c3c2cc(O)c2ccccc32)[nH]1)N1CCc2c1cc(O)c1ccccc21. The first kappa shape index (κ1) is 23.6. The monoisotopic (exact) mass is 537 g/mol. The van der Waals surface area contributed by atoms with Crippen LogP contribution in [0.25, 0.3) is 21.5 Å². The summed E-state index contributed by atoms with van der Waals surface area (Å²) in [6.45, 7) is 0.854. The zero-order chi connectivity index (χ0) is 26.8. The van der Waals surface area contributed by atoms with Crippen LogP contribution in [0.15, 0.2) is 72.8 Å². The maximum Gasteiger partial charge on any atom is 0.274 e. The third kappa shape index (κ3) is 3.50. The second-order valence-corrected chi connectivity index (χ2v) is 10.4. The number of hydrogen-bond acceptors (Lipinski definition) is 4. The largest absolute Gasteiger partial charge is 0.507 e. The van der Waals surface area contributed by atoms with E-state index >= 15 is 0 Å². The van der Waals surface area contributed by atoms with Gasteiger partial charge in [0.15, 0.2) is 0 Å². The fourth-order valence-corrected chi connectivity index (χ4v) is 6.39. The van der Waals surface area contributed by atoms with E-state index in [1.807, 2.05) is 48.5 Å². The molecule has 3 N–H and O–H groups in total. The summed E-state index contributed by atoms with van der Waals surface area (Å²) in [5, 5.41) is 24.6. The minimum absolute atomic E-state index is 0.0872. The Kier molecular flexibility index (Phi) is 5.32. The Morgan fingerprint density at radius 3 is 2.03 bits per heavy atom. The second-order valence-electron chi connectivity index (χ2n) is 10.1. The summed E-state index contributed by atoms with van der Waals surface area (Å²) in [6, 6.07) is 21.7. The zero-order valence-electron chi connectivity index (χ0n) is 20.8. The number of aromatic amines is 1. The first-order valence-corrected chi connectivity index (χ1v) is 13.4. The minimum atomic E-state index is -0.303. The maximum atomic E-state index is 13.7. The van der Waals surface area contributed by atoms with Gasteiger partial charge in [-0.05, 0) is 40.5 Å². The molecule has 7 rings (SSSR count). The van der Waals surface area contributed by atoms with E-state index < -0.39 is 0 Å². The number of carbonyl (C=O) groups is 2. The average Bonchev–Trinajstić information content (AvgIpc) is 3.70. The first-order chi connectivity index (χ1) is 19.0. The lowest BCUT2D eigenvalue weighted by atomic mass is 9.95. The van der Waals surface area contributed by atoms with E-state index in [4.69, 9.17) is 11.6 Å². The summed E-state index contributed by atoms with van der Waals surface area (Å²) in [5.74, 6) is -0.104. The number of rotatable bonds is 3. The number of anilines is 2. The molecule has 7 nitrogen and oxygen atoms in total. The number of aromatic nitrogens is 1. The van der Waals surface area contributed by atoms with Gasteiger partial charge in [-0.15, -0.1) is 11.6 Å². The molecule has 8 heteroatoms. The summed E-state index contributed by atoms with van der Waals surface area (Å²) in [6.07, 6.45) is 0.677. The predicted molar refractivity (Wildman–Crippen MR) is 153 cm³/mol. The number of carbonyl (C=O) groups excluding carboxylic acids is 2. The van der Waals surface area contributed by atoms with Gasteiger partial charge in [0.2, 0.25) is 0 Å². The number of halogens is 1. The van der Waals surface area contributed by atoms with E-state index in [0.717, 1.165) is 32.7 Å². The van der Waals surface area contributed by atoms with Crippen LogP contribution >= 0.6 is 11.6 Å². The number of aromatic hydroxyl groups is 2. The Labute approximate surface area is 228 Å². The van der Waals surface area contributed by atoms with Crippen molar-refractivity contribution in [3.63, 3.8) is 0 Å². The molecule has 2 amide bonds. The third-order valence-electron chi connectivity index (χ3n) is 7.95. The number of alkyl halides is 1. The molecule has 3 heterocycles. The van der Waals surface area contributed by atoms with E-state index in [-0.39, 0.29) is 40.6 Å². The van der Waals surface area contributed by atoms with Crippen molar-refractivity contribution in [2.24, 2.45) is 0 Å². The predicted octanol–water partition coefficient (Wildman–Crippen LogP) is 5.92. The normalized spacial score (nSPS) is 16.2. The van der Waals surface area contributed by atoms with Crippen LogP contribution in [0, 0.1) is 0 Å². The molecule has 1 atom stereocenters. The van der Waals surface area contributed by atoms with Crippen molar-refractivity contribution in [2.75, 3.05) is 28.8 Å². The van der Waals surface area contributed by atoms with Crippen molar-refractivity contribution >= 4 is 56.3 Å². The molecule has 4 aromatic carbocycles. The quantitative estimate of drug-likeness (QED) is 0.249. The molecular formula is C31H24ClN3O4. The van der Waals surface area contributed by atoms with Gasteiger partial charge in [-0.25, -0.2) is 0 Å². The van der Waals surface area contributed by atoms with Gasteiger partial charge in [0.25, 0.3) is 11.8 Å². The molecule has 0 saturated heterocycles. The number of hydrogen-bond donors (Lipinski definition) is 3. The van der Waals surface area contributed by atoms with Crippen LogP contribution in [-0.2, 0) is 6.42 Å². The van der Waals surface area contributed by atoms with Crippen molar-refractivity contribution in [1.82, 2.24) is 4.98 Å². The van der Waals surface area contributed by atoms with Gasteiger partial charge in [0.1, 0.15) is 22.9 Å². The van der Waals surface area contributed by atoms with Crippen LogP contribution in [0.2, 0.25) is 0 Å². The van der Waals surface area contributed by atoms with Gasteiger partial charge >= 0.3 is 0 Å². The summed E-state index contributed by atoms with van der Waals surface area (Å²) < 4.78 is 0. The highest BCUT2D eigenvalue weighted by atomic mass is 35.5. The fourth-order valence-electron chi connectivity index (χ4n) is 6.14. The highest BCUT2D eigenvalue weighted by Gasteiger charge is 2.36. The third-order valence-corrected chi connectivity index (χ3v) is 8.33. The van der Waals surface area contributed by atoms with Crippen LogP contribution in [0.5, 0.6) is 11.5 Å². The molecule has 0 bridgehead atoms. The summed E-state index contributed by atoms with van der Waals surface area (Å²) in [4.78, 5) is 33.5. The number of nitrogens with zero attached hydrogens (tertiary/aromatic N) is 2. The highest BCUT2D eigenvalue weighted by molar-refractivity contribution is 6.19. The molecule has 2 aliphatic rings. The van der Waals surface area contributed by atoms with Crippen molar-refractivity contribution in [1.29, 1.82) is 0 Å². The number of benzene rings is 4. The van der Waals surface area contributed by atoms with Crippen LogP contribution < -0.4 is 9.80 Å². The van der Waals surface area contributed by atoms with E-state index in [2.05, 4.69) is 4.98 Å². The maximum absolute atomic E-state index is 13.7. The minimum Gasteiger partial charge on any atom is -0.507 e. The van der Waals surface area contributed by atoms with Crippen LogP contribution in [-0.4, -0.2) is 46.0 Å². The van der Waals surface area contributed by atoms with Crippen LogP contribution in [0.4, 0.5) is 11.4 Å². The highest BCUT2D eigenvalue weighted by Crippen LogP contribution is 2.45. The topological polar surface area (TPSA) is 96.9 Å². The molecule has 0 radical (unpaired) electrons. The van der Waals surface area contributed by atoms with Crippen LogP contribution in [0.3, 0.4) is 0 Å². The van der Waals surface area contributed by atoms with E-state index in [0.29, 0.717) is 36.8 Å². The number of fused-ring (bicyclic) bond motifs is 6. The molecular weight excluding hydrogens is 514 g/mol. The smallest absolute Gasteiger partial charge is 0.274 e. The van der Waals surface area contributed by atoms with Crippen LogP contribution in [0.1, 0.15) is 38.0 Å².